The zero-order valence-corrected chi connectivity index (χ0v) is 9.65. The smallest absolute Gasteiger partial charge is 0.339 e. The third-order valence-corrected chi connectivity index (χ3v) is 2.58. The molecule has 0 atom stereocenters. The molecule has 0 radical (unpaired) electrons. The van der Waals surface area contributed by atoms with Gasteiger partial charge in [0.25, 0.3) is 6.43 Å². The van der Waals surface area contributed by atoms with E-state index < -0.39 is 18.1 Å². The van der Waals surface area contributed by atoms with Crippen molar-refractivity contribution in [3.8, 4) is 0 Å². The summed E-state index contributed by atoms with van der Waals surface area (Å²) in [6.45, 7) is 0. The van der Waals surface area contributed by atoms with E-state index in [4.69, 9.17) is 23.2 Å². The lowest BCUT2D eigenvalue weighted by atomic mass is 10.1. The molecular formula is C9H7Cl2F2NO2. The van der Waals surface area contributed by atoms with Crippen molar-refractivity contribution >= 4 is 29.2 Å². The summed E-state index contributed by atoms with van der Waals surface area (Å²) in [4.78, 5) is 14.7. The first-order chi connectivity index (χ1) is 7.52. The Kier molecular flexibility index (Phi) is 4.44. The summed E-state index contributed by atoms with van der Waals surface area (Å²) in [6, 6.07) is 0. The summed E-state index contributed by atoms with van der Waals surface area (Å²) in [6.07, 6.45) is -1.84. The molecule has 0 fully saturated rings. The molecule has 1 rings (SSSR count). The van der Waals surface area contributed by atoms with E-state index in [0.29, 0.717) is 0 Å². The number of hydrogen-bond acceptors (Lipinski definition) is 3. The van der Waals surface area contributed by atoms with E-state index in [1.807, 2.05) is 0 Å². The maximum absolute atomic E-state index is 12.5. The van der Waals surface area contributed by atoms with Crippen LogP contribution in [0.1, 0.15) is 28.0 Å². The van der Waals surface area contributed by atoms with Gasteiger partial charge in [-0.1, -0.05) is 11.6 Å². The van der Waals surface area contributed by atoms with E-state index in [-0.39, 0.29) is 22.0 Å². The van der Waals surface area contributed by atoms with Gasteiger partial charge in [-0.25, -0.2) is 13.6 Å². The average molecular weight is 270 g/mol. The first-order valence-electron chi connectivity index (χ1n) is 4.12. The van der Waals surface area contributed by atoms with Crippen LogP contribution in [-0.4, -0.2) is 18.1 Å². The molecule has 1 aromatic rings. The second kappa shape index (κ2) is 5.41. The number of ether oxygens (including phenoxy) is 1. The van der Waals surface area contributed by atoms with E-state index >= 15 is 0 Å². The van der Waals surface area contributed by atoms with Crippen LogP contribution < -0.4 is 0 Å². The van der Waals surface area contributed by atoms with Crippen LogP contribution in [0.3, 0.4) is 0 Å². The molecule has 0 aliphatic heterocycles. The quantitative estimate of drug-likeness (QED) is 0.625. The Bertz CT molecular complexity index is 413. The Hall–Kier alpha value is -0.940. The van der Waals surface area contributed by atoms with Crippen LogP contribution in [0.25, 0.3) is 0 Å². The lowest BCUT2D eigenvalue weighted by Gasteiger charge is -2.10. The number of halogens is 4. The topological polar surface area (TPSA) is 39.2 Å². The number of pyridine rings is 1. The first kappa shape index (κ1) is 13.1. The standard InChI is InChI=1S/C9H7Cl2F2NO2/c1-16-9(15)5-3-14-7(8(12)13)6(11)4(5)2-10/h3,8H,2H2,1H3. The van der Waals surface area contributed by atoms with E-state index in [9.17, 15) is 13.6 Å². The van der Waals surface area contributed by atoms with Crippen LogP contribution in [-0.2, 0) is 10.6 Å². The predicted octanol–water partition coefficient (Wildman–Crippen LogP) is 3.20. The molecule has 0 bridgehead atoms. The summed E-state index contributed by atoms with van der Waals surface area (Å²) >= 11 is 11.2. The highest BCUT2D eigenvalue weighted by Crippen LogP contribution is 2.31. The number of nitrogens with zero attached hydrogens (tertiary/aromatic N) is 1. The van der Waals surface area contributed by atoms with Crippen LogP contribution in [0.2, 0.25) is 5.02 Å². The Morgan fingerprint density at radius 2 is 2.25 bits per heavy atom. The zero-order valence-electron chi connectivity index (χ0n) is 8.14. The molecule has 0 saturated carbocycles. The third-order valence-electron chi connectivity index (χ3n) is 1.89. The lowest BCUT2D eigenvalue weighted by molar-refractivity contribution is 0.0598. The molecule has 0 aliphatic rings. The van der Waals surface area contributed by atoms with Crippen molar-refractivity contribution < 1.29 is 18.3 Å². The SMILES string of the molecule is COC(=O)c1cnc(C(F)F)c(Cl)c1CCl. The van der Waals surface area contributed by atoms with Gasteiger partial charge in [-0.15, -0.1) is 11.6 Å². The molecule has 0 aromatic carbocycles. The number of rotatable bonds is 3. The molecule has 0 amide bonds. The molecule has 16 heavy (non-hydrogen) atoms. The molecule has 0 spiro atoms. The monoisotopic (exact) mass is 269 g/mol. The van der Waals surface area contributed by atoms with Gasteiger partial charge in [-0.2, -0.15) is 0 Å². The van der Waals surface area contributed by atoms with Crippen LogP contribution >= 0.6 is 23.2 Å². The minimum Gasteiger partial charge on any atom is -0.465 e. The molecule has 3 nitrogen and oxygen atoms in total. The minimum absolute atomic E-state index is 0.00750. The molecule has 1 heterocycles. The second-order valence-electron chi connectivity index (χ2n) is 2.78. The first-order valence-corrected chi connectivity index (χ1v) is 5.03. The highest BCUT2D eigenvalue weighted by Gasteiger charge is 2.22. The summed E-state index contributed by atoms with van der Waals surface area (Å²) in [7, 11) is 1.16. The second-order valence-corrected chi connectivity index (χ2v) is 3.42. The Balaban J connectivity index is 3.35. The van der Waals surface area contributed by atoms with Gasteiger partial charge in [0, 0.05) is 17.6 Å². The van der Waals surface area contributed by atoms with Gasteiger partial charge in [-0.3, -0.25) is 4.98 Å². The molecule has 1 aromatic heterocycles. The fraction of sp³-hybridized carbons (Fsp3) is 0.333. The number of esters is 1. The molecule has 88 valence electrons. The predicted molar refractivity (Wildman–Crippen MR) is 55.1 cm³/mol. The van der Waals surface area contributed by atoms with Gasteiger partial charge >= 0.3 is 5.97 Å². The maximum Gasteiger partial charge on any atom is 0.339 e. The number of aromatic nitrogens is 1. The average Bonchev–Trinajstić information content (AvgIpc) is 2.26. The molecule has 0 N–H and O–H groups in total. The van der Waals surface area contributed by atoms with Crippen molar-refractivity contribution in [1.82, 2.24) is 4.98 Å². The van der Waals surface area contributed by atoms with Crippen molar-refractivity contribution in [1.29, 1.82) is 0 Å². The van der Waals surface area contributed by atoms with Crippen molar-refractivity contribution in [3.05, 3.63) is 28.0 Å². The number of carbonyl (C=O) groups is 1. The summed E-state index contributed by atoms with van der Waals surface area (Å²) in [5.41, 5.74) is -0.502. The minimum atomic E-state index is -2.82. The van der Waals surface area contributed by atoms with E-state index in [1.165, 1.54) is 0 Å². The van der Waals surface area contributed by atoms with E-state index in [0.717, 1.165) is 13.3 Å². The summed E-state index contributed by atoms with van der Waals surface area (Å²) in [5.74, 6) is -0.892. The summed E-state index contributed by atoms with van der Waals surface area (Å²) in [5, 5.41) is -0.298. The number of methoxy groups -OCH3 is 1. The van der Waals surface area contributed by atoms with Crippen LogP contribution in [0.4, 0.5) is 8.78 Å². The van der Waals surface area contributed by atoms with Crippen LogP contribution in [0.5, 0.6) is 0 Å². The highest BCUT2D eigenvalue weighted by atomic mass is 35.5. The fourth-order valence-corrected chi connectivity index (χ4v) is 1.76. The fourth-order valence-electron chi connectivity index (χ4n) is 1.11. The van der Waals surface area contributed by atoms with Crippen LogP contribution in [0.15, 0.2) is 6.20 Å². The van der Waals surface area contributed by atoms with Gasteiger partial charge < -0.3 is 4.74 Å². The van der Waals surface area contributed by atoms with E-state index in [2.05, 4.69) is 9.72 Å². The molecule has 0 aliphatic carbocycles. The lowest BCUT2D eigenvalue weighted by Crippen LogP contribution is -2.08. The van der Waals surface area contributed by atoms with Crippen molar-refractivity contribution in [2.75, 3.05) is 7.11 Å². The number of hydrogen-bond donors (Lipinski definition) is 0. The zero-order chi connectivity index (χ0) is 12.3. The Labute approximate surface area is 100 Å². The van der Waals surface area contributed by atoms with Gasteiger partial charge in [-0.05, 0) is 0 Å². The van der Waals surface area contributed by atoms with Gasteiger partial charge in [0.2, 0.25) is 0 Å². The molecule has 0 unspecified atom stereocenters. The number of carbonyl (C=O) groups excluding carboxylic acids is 1. The molecular weight excluding hydrogens is 263 g/mol. The maximum atomic E-state index is 12.5. The van der Waals surface area contributed by atoms with Gasteiger partial charge in [0.05, 0.1) is 17.7 Å². The van der Waals surface area contributed by atoms with Gasteiger partial charge in [0.15, 0.2) is 0 Å². The van der Waals surface area contributed by atoms with Crippen LogP contribution in [0, 0.1) is 0 Å². The Morgan fingerprint density at radius 3 is 2.69 bits per heavy atom. The van der Waals surface area contributed by atoms with Gasteiger partial charge in [0.1, 0.15) is 5.69 Å². The molecule has 0 saturated heterocycles. The van der Waals surface area contributed by atoms with E-state index in [1.54, 1.807) is 0 Å². The van der Waals surface area contributed by atoms with Crippen molar-refractivity contribution in [2.24, 2.45) is 0 Å². The number of alkyl halides is 3. The van der Waals surface area contributed by atoms with Crippen molar-refractivity contribution in [3.63, 3.8) is 0 Å². The summed E-state index contributed by atoms with van der Waals surface area (Å²) < 4.78 is 29.4. The third kappa shape index (κ3) is 2.41. The normalized spacial score (nSPS) is 10.6. The molecule has 7 heteroatoms. The Morgan fingerprint density at radius 1 is 1.62 bits per heavy atom. The van der Waals surface area contributed by atoms with Crippen molar-refractivity contribution in [2.45, 2.75) is 12.3 Å². The highest BCUT2D eigenvalue weighted by molar-refractivity contribution is 6.33. The largest absolute Gasteiger partial charge is 0.465 e.